The first-order chi connectivity index (χ1) is 15.9. The molecule has 1 amide bonds. The van der Waals surface area contributed by atoms with Crippen LogP contribution in [0.5, 0.6) is 11.5 Å². The molecule has 1 fully saturated rings. The summed E-state index contributed by atoms with van der Waals surface area (Å²) in [6.07, 6.45) is 1.27. The van der Waals surface area contributed by atoms with Gasteiger partial charge >= 0.3 is 10.2 Å². The Morgan fingerprint density at radius 1 is 1.00 bits per heavy atom. The molecule has 0 aliphatic carbocycles. The summed E-state index contributed by atoms with van der Waals surface area (Å²) < 4.78 is 40.5. The molecule has 3 rings (SSSR count). The molecule has 0 saturated carbocycles. The minimum absolute atomic E-state index is 0.152. The van der Waals surface area contributed by atoms with Crippen molar-refractivity contribution in [2.24, 2.45) is 5.92 Å². The summed E-state index contributed by atoms with van der Waals surface area (Å²) in [5, 5.41) is 2.90. The highest BCUT2D eigenvalue weighted by molar-refractivity contribution is 7.90. The van der Waals surface area contributed by atoms with Crippen LogP contribution in [0, 0.1) is 5.92 Å². The first-order valence-corrected chi connectivity index (χ1v) is 12.8. The van der Waals surface area contributed by atoms with E-state index < -0.39 is 16.1 Å². The number of hydrogen-bond donors (Lipinski definition) is 1. The third-order valence-corrected chi connectivity index (χ3v) is 7.53. The lowest BCUT2D eigenvalue weighted by atomic mass is 9.99. The molecule has 0 spiro atoms. The van der Waals surface area contributed by atoms with Crippen molar-refractivity contribution in [3.8, 4) is 11.5 Å². The summed E-state index contributed by atoms with van der Waals surface area (Å²) >= 11 is 0. The second-order valence-electron chi connectivity index (χ2n) is 7.74. The summed E-state index contributed by atoms with van der Waals surface area (Å²) in [4.78, 5) is 12.9. The number of amides is 1. The van der Waals surface area contributed by atoms with Gasteiger partial charge in [-0.1, -0.05) is 0 Å². The molecule has 0 unspecified atom stereocenters. The summed E-state index contributed by atoms with van der Waals surface area (Å²) in [6, 6.07) is 14.2. The molecule has 2 aromatic rings. The number of carbonyl (C=O) groups is 1. The fraction of sp³-hybridized carbons (Fsp3) is 0.458. The molecule has 1 aliphatic heterocycles. The lowest BCUT2D eigenvalue weighted by Crippen LogP contribution is -2.50. The Morgan fingerprint density at radius 2 is 1.58 bits per heavy atom. The Labute approximate surface area is 196 Å². The molecule has 0 bridgehead atoms. The van der Waals surface area contributed by atoms with Gasteiger partial charge in [-0.2, -0.15) is 12.7 Å². The molecule has 0 radical (unpaired) electrons. The van der Waals surface area contributed by atoms with Crippen LogP contribution >= 0.6 is 0 Å². The standard InChI is InChI=1S/C24H33N3O5S/c1-4-27(21-11-15-23(16-12-21)32-6-3)33(29,30)26-17-7-8-19(18-26)24(28)25-20-9-13-22(14-10-20)31-5-2/h9-16,19H,4-8,17-18H2,1-3H3,(H,25,28)/t19-/m0/s1. The average molecular weight is 476 g/mol. The number of nitrogens with zero attached hydrogens (tertiary/aromatic N) is 2. The van der Waals surface area contributed by atoms with Crippen molar-refractivity contribution in [3.05, 3.63) is 48.5 Å². The molecule has 2 aromatic carbocycles. The van der Waals surface area contributed by atoms with E-state index in [4.69, 9.17) is 9.47 Å². The maximum atomic E-state index is 13.4. The molecule has 1 N–H and O–H groups in total. The van der Waals surface area contributed by atoms with Crippen LogP contribution in [0.25, 0.3) is 0 Å². The van der Waals surface area contributed by atoms with Gasteiger partial charge in [-0.25, -0.2) is 0 Å². The third-order valence-electron chi connectivity index (χ3n) is 5.52. The minimum Gasteiger partial charge on any atom is -0.494 e. The van der Waals surface area contributed by atoms with E-state index in [9.17, 15) is 13.2 Å². The van der Waals surface area contributed by atoms with Gasteiger partial charge in [0, 0.05) is 25.3 Å². The van der Waals surface area contributed by atoms with Gasteiger partial charge in [-0.05, 0) is 82.1 Å². The third kappa shape index (κ3) is 6.17. The first-order valence-electron chi connectivity index (χ1n) is 11.4. The fourth-order valence-corrected chi connectivity index (χ4v) is 5.63. The molecular formula is C24H33N3O5S. The lowest BCUT2D eigenvalue weighted by molar-refractivity contribution is -0.120. The molecule has 1 saturated heterocycles. The Bertz CT molecular complexity index is 1010. The maximum absolute atomic E-state index is 13.4. The van der Waals surface area contributed by atoms with E-state index >= 15 is 0 Å². The minimum atomic E-state index is -3.77. The van der Waals surface area contributed by atoms with E-state index in [1.54, 1.807) is 55.5 Å². The second kappa shape index (κ2) is 11.4. The lowest BCUT2D eigenvalue weighted by Gasteiger charge is -2.35. The van der Waals surface area contributed by atoms with Crippen LogP contribution in [0.4, 0.5) is 11.4 Å². The molecule has 1 aliphatic rings. The number of anilines is 2. The normalized spacial score (nSPS) is 16.8. The molecule has 33 heavy (non-hydrogen) atoms. The predicted molar refractivity (Wildman–Crippen MR) is 130 cm³/mol. The number of carbonyl (C=O) groups excluding carboxylic acids is 1. The Balaban J connectivity index is 1.68. The number of benzene rings is 2. The SMILES string of the molecule is CCOc1ccc(NC(=O)[C@H]2CCCN(S(=O)(=O)N(CC)c3ccc(OCC)cc3)C2)cc1. The summed E-state index contributed by atoms with van der Waals surface area (Å²) in [7, 11) is -3.77. The summed E-state index contributed by atoms with van der Waals surface area (Å²) in [5.41, 5.74) is 1.23. The number of rotatable bonds is 10. The molecule has 9 heteroatoms. The van der Waals surface area contributed by atoms with Crippen LogP contribution in [0.2, 0.25) is 0 Å². The monoisotopic (exact) mass is 475 g/mol. The topological polar surface area (TPSA) is 88.2 Å². The van der Waals surface area contributed by atoms with Gasteiger partial charge in [0.05, 0.1) is 24.8 Å². The molecular weight excluding hydrogens is 442 g/mol. The van der Waals surface area contributed by atoms with Gasteiger partial charge in [0.25, 0.3) is 0 Å². The molecule has 0 aromatic heterocycles. The Morgan fingerprint density at radius 3 is 2.12 bits per heavy atom. The van der Waals surface area contributed by atoms with Crippen LogP contribution in [0.1, 0.15) is 33.6 Å². The molecule has 1 heterocycles. The van der Waals surface area contributed by atoms with Crippen molar-refractivity contribution in [1.82, 2.24) is 4.31 Å². The number of ether oxygens (including phenoxy) is 2. The van der Waals surface area contributed by atoms with Crippen molar-refractivity contribution in [1.29, 1.82) is 0 Å². The van der Waals surface area contributed by atoms with Gasteiger partial charge in [-0.3, -0.25) is 9.10 Å². The smallest absolute Gasteiger partial charge is 0.304 e. The van der Waals surface area contributed by atoms with Gasteiger partial charge in [-0.15, -0.1) is 0 Å². The Kier molecular flexibility index (Phi) is 8.57. The highest BCUT2D eigenvalue weighted by Crippen LogP contribution is 2.27. The average Bonchev–Trinajstić information content (AvgIpc) is 2.82. The fourth-order valence-electron chi connectivity index (χ4n) is 3.91. The van der Waals surface area contributed by atoms with Gasteiger partial charge in [0.15, 0.2) is 0 Å². The number of piperidine rings is 1. The zero-order chi connectivity index (χ0) is 23.8. The van der Waals surface area contributed by atoms with E-state index in [1.807, 2.05) is 13.8 Å². The van der Waals surface area contributed by atoms with E-state index in [1.165, 1.54) is 8.61 Å². The molecule has 180 valence electrons. The zero-order valence-electron chi connectivity index (χ0n) is 19.5. The zero-order valence-corrected chi connectivity index (χ0v) is 20.3. The highest BCUT2D eigenvalue weighted by Gasteiger charge is 2.35. The van der Waals surface area contributed by atoms with Gasteiger partial charge < -0.3 is 14.8 Å². The van der Waals surface area contributed by atoms with Crippen molar-refractivity contribution in [2.75, 3.05) is 42.5 Å². The second-order valence-corrected chi connectivity index (χ2v) is 9.60. The quantitative estimate of drug-likeness (QED) is 0.563. The number of hydrogen-bond acceptors (Lipinski definition) is 5. The summed E-state index contributed by atoms with van der Waals surface area (Å²) in [5.74, 6) is 0.834. The van der Waals surface area contributed by atoms with E-state index in [0.29, 0.717) is 49.7 Å². The van der Waals surface area contributed by atoms with Crippen LogP contribution in [0.3, 0.4) is 0 Å². The molecule has 1 atom stereocenters. The largest absolute Gasteiger partial charge is 0.494 e. The van der Waals surface area contributed by atoms with E-state index in [0.717, 1.165) is 5.75 Å². The highest BCUT2D eigenvalue weighted by atomic mass is 32.2. The maximum Gasteiger partial charge on any atom is 0.304 e. The van der Waals surface area contributed by atoms with E-state index in [2.05, 4.69) is 5.32 Å². The van der Waals surface area contributed by atoms with Crippen molar-refractivity contribution in [3.63, 3.8) is 0 Å². The van der Waals surface area contributed by atoms with Crippen LogP contribution in [-0.2, 0) is 15.0 Å². The van der Waals surface area contributed by atoms with Gasteiger partial charge in [0.2, 0.25) is 5.91 Å². The first kappa shape index (κ1) is 24.9. The summed E-state index contributed by atoms with van der Waals surface area (Å²) in [6.45, 7) is 7.56. The molecule has 8 nitrogen and oxygen atoms in total. The van der Waals surface area contributed by atoms with Crippen molar-refractivity contribution < 1.29 is 22.7 Å². The van der Waals surface area contributed by atoms with Crippen LogP contribution in [-0.4, -0.2) is 51.5 Å². The van der Waals surface area contributed by atoms with Gasteiger partial charge in [0.1, 0.15) is 11.5 Å². The van der Waals surface area contributed by atoms with E-state index in [-0.39, 0.29) is 19.0 Å². The van der Waals surface area contributed by atoms with Crippen LogP contribution in [0.15, 0.2) is 48.5 Å². The number of nitrogens with one attached hydrogen (secondary N) is 1. The van der Waals surface area contributed by atoms with Crippen molar-refractivity contribution in [2.45, 2.75) is 33.6 Å². The van der Waals surface area contributed by atoms with Crippen molar-refractivity contribution >= 4 is 27.5 Å². The Hall–Kier alpha value is -2.78. The van der Waals surface area contributed by atoms with Crippen LogP contribution < -0.4 is 19.1 Å². The predicted octanol–water partition coefficient (Wildman–Crippen LogP) is 3.91.